The molecule has 5 heteroatoms. The Morgan fingerprint density at radius 3 is 2.72 bits per heavy atom. The van der Waals surface area contributed by atoms with E-state index >= 15 is 0 Å². The number of nitrogens with two attached hydrogens (primary N) is 1. The zero-order chi connectivity index (χ0) is 13.1. The van der Waals surface area contributed by atoms with E-state index in [1.54, 1.807) is 6.20 Å². The SMILES string of the molecule is Cc1ccnc(Cl)c1NC(=O)C1CCC(N)CC1. The van der Waals surface area contributed by atoms with Gasteiger partial charge in [-0.15, -0.1) is 0 Å². The van der Waals surface area contributed by atoms with Crippen molar-refractivity contribution in [2.75, 3.05) is 5.32 Å². The van der Waals surface area contributed by atoms with Gasteiger partial charge in [0, 0.05) is 18.2 Å². The molecule has 0 radical (unpaired) electrons. The van der Waals surface area contributed by atoms with Gasteiger partial charge in [0.15, 0.2) is 5.15 Å². The van der Waals surface area contributed by atoms with E-state index in [1.807, 2.05) is 13.0 Å². The smallest absolute Gasteiger partial charge is 0.227 e. The van der Waals surface area contributed by atoms with Crippen molar-refractivity contribution < 1.29 is 4.79 Å². The normalized spacial score (nSPS) is 23.7. The molecule has 1 aliphatic carbocycles. The number of hydrogen-bond acceptors (Lipinski definition) is 3. The number of carbonyl (C=O) groups is 1. The van der Waals surface area contributed by atoms with Gasteiger partial charge < -0.3 is 11.1 Å². The number of nitrogens with one attached hydrogen (secondary N) is 1. The summed E-state index contributed by atoms with van der Waals surface area (Å²) >= 11 is 5.99. The minimum Gasteiger partial charge on any atom is -0.328 e. The fourth-order valence-corrected chi connectivity index (χ4v) is 2.53. The lowest BCUT2D eigenvalue weighted by Crippen LogP contribution is -2.32. The quantitative estimate of drug-likeness (QED) is 0.809. The summed E-state index contributed by atoms with van der Waals surface area (Å²) in [4.78, 5) is 16.1. The number of amides is 1. The molecule has 0 aliphatic heterocycles. The van der Waals surface area contributed by atoms with Gasteiger partial charge in [0.05, 0.1) is 5.69 Å². The lowest BCUT2D eigenvalue weighted by molar-refractivity contribution is -0.120. The second-order valence-electron chi connectivity index (χ2n) is 4.89. The van der Waals surface area contributed by atoms with Gasteiger partial charge in [-0.25, -0.2) is 4.98 Å². The highest BCUT2D eigenvalue weighted by Crippen LogP contribution is 2.27. The van der Waals surface area contributed by atoms with E-state index < -0.39 is 0 Å². The molecule has 4 nitrogen and oxygen atoms in total. The van der Waals surface area contributed by atoms with Crippen molar-refractivity contribution in [1.82, 2.24) is 4.98 Å². The van der Waals surface area contributed by atoms with Gasteiger partial charge in [-0.1, -0.05) is 11.6 Å². The van der Waals surface area contributed by atoms with Crippen molar-refractivity contribution in [2.24, 2.45) is 11.7 Å². The van der Waals surface area contributed by atoms with Crippen molar-refractivity contribution in [3.63, 3.8) is 0 Å². The van der Waals surface area contributed by atoms with E-state index in [4.69, 9.17) is 17.3 Å². The van der Waals surface area contributed by atoms with Crippen LogP contribution in [0.25, 0.3) is 0 Å². The molecule has 1 saturated carbocycles. The summed E-state index contributed by atoms with van der Waals surface area (Å²) in [7, 11) is 0. The fourth-order valence-electron chi connectivity index (χ4n) is 2.28. The van der Waals surface area contributed by atoms with E-state index in [9.17, 15) is 4.79 Å². The number of aryl methyl sites for hydroxylation is 1. The first-order valence-electron chi connectivity index (χ1n) is 6.25. The Bertz CT molecular complexity index is 422. The zero-order valence-electron chi connectivity index (χ0n) is 10.4. The number of pyridine rings is 1. The van der Waals surface area contributed by atoms with Crippen LogP contribution >= 0.6 is 11.6 Å². The molecule has 18 heavy (non-hydrogen) atoms. The molecule has 1 heterocycles. The first-order valence-corrected chi connectivity index (χ1v) is 6.63. The molecule has 0 aromatic carbocycles. The molecule has 2 rings (SSSR count). The van der Waals surface area contributed by atoms with Gasteiger partial charge in [-0.2, -0.15) is 0 Å². The molecule has 1 aromatic rings. The van der Waals surface area contributed by atoms with Gasteiger partial charge in [0.2, 0.25) is 5.91 Å². The minimum absolute atomic E-state index is 0.0277. The number of carbonyl (C=O) groups excluding carboxylic acids is 1. The molecular formula is C13H18ClN3O. The Kier molecular flexibility index (Phi) is 4.19. The van der Waals surface area contributed by atoms with E-state index in [0.717, 1.165) is 31.2 Å². The van der Waals surface area contributed by atoms with Crippen LogP contribution < -0.4 is 11.1 Å². The fraction of sp³-hybridized carbons (Fsp3) is 0.538. The molecule has 1 aromatic heterocycles. The van der Waals surface area contributed by atoms with Gasteiger partial charge in [-0.05, 0) is 44.2 Å². The lowest BCUT2D eigenvalue weighted by Gasteiger charge is -2.25. The van der Waals surface area contributed by atoms with E-state index in [0.29, 0.717) is 10.8 Å². The Labute approximate surface area is 112 Å². The highest BCUT2D eigenvalue weighted by atomic mass is 35.5. The first kappa shape index (κ1) is 13.3. The second-order valence-corrected chi connectivity index (χ2v) is 5.25. The zero-order valence-corrected chi connectivity index (χ0v) is 11.2. The lowest BCUT2D eigenvalue weighted by atomic mass is 9.86. The summed E-state index contributed by atoms with van der Waals surface area (Å²) in [6.45, 7) is 1.90. The monoisotopic (exact) mass is 267 g/mol. The maximum absolute atomic E-state index is 12.1. The summed E-state index contributed by atoms with van der Waals surface area (Å²) in [5.41, 5.74) is 7.39. The van der Waals surface area contributed by atoms with E-state index in [-0.39, 0.29) is 17.9 Å². The third-order valence-electron chi connectivity index (χ3n) is 3.50. The number of nitrogens with zero attached hydrogens (tertiary/aromatic N) is 1. The predicted molar refractivity (Wildman–Crippen MR) is 72.5 cm³/mol. The van der Waals surface area contributed by atoms with Crippen LogP contribution in [0.1, 0.15) is 31.2 Å². The summed E-state index contributed by atoms with van der Waals surface area (Å²) in [5, 5.41) is 3.23. The molecule has 1 aliphatic rings. The molecule has 1 fully saturated rings. The van der Waals surface area contributed by atoms with Crippen LogP contribution in [-0.4, -0.2) is 16.9 Å². The highest BCUT2D eigenvalue weighted by Gasteiger charge is 2.25. The van der Waals surface area contributed by atoms with Crippen LogP contribution in [0.4, 0.5) is 5.69 Å². The van der Waals surface area contributed by atoms with E-state index in [2.05, 4.69) is 10.3 Å². The van der Waals surface area contributed by atoms with Crippen LogP contribution in [-0.2, 0) is 4.79 Å². The van der Waals surface area contributed by atoms with Crippen LogP contribution in [0.3, 0.4) is 0 Å². The van der Waals surface area contributed by atoms with Gasteiger partial charge >= 0.3 is 0 Å². The van der Waals surface area contributed by atoms with Crippen LogP contribution in [0.2, 0.25) is 5.15 Å². The largest absolute Gasteiger partial charge is 0.328 e. The first-order chi connectivity index (χ1) is 8.58. The molecule has 0 unspecified atom stereocenters. The number of hydrogen-bond donors (Lipinski definition) is 2. The van der Waals surface area contributed by atoms with Crippen LogP contribution in [0.15, 0.2) is 12.3 Å². The molecular weight excluding hydrogens is 250 g/mol. The summed E-state index contributed by atoms with van der Waals surface area (Å²) in [6.07, 6.45) is 5.16. The van der Waals surface area contributed by atoms with Gasteiger partial charge in [0.25, 0.3) is 0 Å². The highest BCUT2D eigenvalue weighted by molar-refractivity contribution is 6.32. The van der Waals surface area contributed by atoms with E-state index in [1.165, 1.54) is 0 Å². The molecule has 0 bridgehead atoms. The third-order valence-corrected chi connectivity index (χ3v) is 3.79. The molecule has 1 amide bonds. The van der Waals surface area contributed by atoms with Crippen molar-refractivity contribution in [1.29, 1.82) is 0 Å². The van der Waals surface area contributed by atoms with Crippen molar-refractivity contribution >= 4 is 23.2 Å². The average Bonchev–Trinajstić information content (AvgIpc) is 2.34. The predicted octanol–water partition coefficient (Wildman–Crippen LogP) is 2.50. The van der Waals surface area contributed by atoms with Crippen molar-refractivity contribution in [2.45, 2.75) is 38.6 Å². The van der Waals surface area contributed by atoms with Crippen molar-refractivity contribution in [3.05, 3.63) is 23.0 Å². The second kappa shape index (κ2) is 5.67. The Morgan fingerprint density at radius 2 is 2.11 bits per heavy atom. The molecule has 0 saturated heterocycles. The molecule has 0 atom stereocenters. The third kappa shape index (κ3) is 3.00. The molecule has 0 spiro atoms. The molecule has 98 valence electrons. The number of rotatable bonds is 2. The topological polar surface area (TPSA) is 68.0 Å². The number of anilines is 1. The maximum atomic E-state index is 12.1. The van der Waals surface area contributed by atoms with Crippen LogP contribution in [0.5, 0.6) is 0 Å². The minimum atomic E-state index is 0.0277. The summed E-state index contributed by atoms with van der Waals surface area (Å²) < 4.78 is 0. The maximum Gasteiger partial charge on any atom is 0.227 e. The van der Waals surface area contributed by atoms with Crippen LogP contribution in [0, 0.1) is 12.8 Å². The van der Waals surface area contributed by atoms with Crippen molar-refractivity contribution in [3.8, 4) is 0 Å². The van der Waals surface area contributed by atoms with Gasteiger partial charge in [-0.3, -0.25) is 4.79 Å². The standard InChI is InChI=1S/C13H18ClN3O/c1-8-6-7-16-12(14)11(8)17-13(18)9-2-4-10(15)5-3-9/h6-7,9-10H,2-5,15H2,1H3,(H,17,18). The van der Waals surface area contributed by atoms with Gasteiger partial charge in [0.1, 0.15) is 0 Å². The summed E-state index contributed by atoms with van der Waals surface area (Å²) in [5.74, 6) is 0.0698. The number of aromatic nitrogens is 1. The molecule has 3 N–H and O–H groups in total. The number of halogens is 1. The Balaban J connectivity index is 2.03. The summed E-state index contributed by atoms with van der Waals surface area (Å²) in [6, 6.07) is 2.08. The average molecular weight is 268 g/mol. The Hall–Kier alpha value is -1.13. The Morgan fingerprint density at radius 1 is 1.44 bits per heavy atom.